The highest BCUT2D eigenvalue weighted by Gasteiger charge is 2.42. The Morgan fingerprint density at radius 1 is 1.25 bits per heavy atom. The van der Waals surface area contributed by atoms with Gasteiger partial charge in [-0.3, -0.25) is 10.2 Å². The van der Waals surface area contributed by atoms with Gasteiger partial charge in [0.15, 0.2) is 0 Å². The van der Waals surface area contributed by atoms with Crippen LogP contribution in [0.4, 0.5) is 0 Å². The summed E-state index contributed by atoms with van der Waals surface area (Å²) in [5.41, 5.74) is 7.60. The summed E-state index contributed by atoms with van der Waals surface area (Å²) < 4.78 is 0. The van der Waals surface area contributed by atoms with Gasteiger partial charge in [0.1, 0.15) is 6.04 Å². The lowest BCUT2D eigenvalue weighted by molar-refractivity contribution is -0.124. The molecule has 0 saturated carbocycles. The number of hydrogen-bond acceptors (Lipinski definition) is 4. The van der Waals surface area contributed by atoms with E-state index in [2.05, 4.69) is 54.4 Å². The summed E-state index contributed by atoms with van der Waals surface area (Å²) in [5.74, 6) is 0.404. The van der Waals surface area contributed by atoms with E-state index in [1.54, 1.807) is 0 Å². The minimum Gasteiger partial charge on any atom is -0.351 e. The highest BCUT2D eigenvalue weighted by atomic mass is 35.5. The Labute approximate surface area is 150 Å². The van der Waals surface area contributed by atoms with E-state index in [-0.39, 0.29) is 35.8 Å². The van der Waals surface area contributed by atoms with Gasteiger partial charge in [-0.15, -0.1) is 12.4 Å². The molecule has 4 unspecified atom stereocenters. The fourth-order valence-electron chi connectivity index (χ4n) is 3.58. The van der Waals surface area contributed by atoms with Crippen LogP contribution in [0.25, 0.3) is 0 Å². The number of rotatable bonds is 4. The van der Waals surface area contributed by atoms with Crippen LogP contribution in [0.3, 0.4) is 0 Å². The Balaban J connectivity index is 0.00000208. The lowest BCUT2D eigenvalue weighted by Crippen LogP contribution is -2.54. The van der Waals surface area contributed by atoms with Crippen LogP contribution in [0.15, 0.2) is 30.3 Å². The van der Waals surface area contributed by atoms with E-state index < -0.39 is 0 Å². The molecule has 0 aromatic heterocycles. The number of hydrazine groups is 1. The molecule has 2 fully saturated rings. The number of benzene rings is 1. The minimum atomic E-state index is -0.165. The van der Waals surface area contributed by atoms with Crippen LogP contribution in [0.1, 0.15) is 32.8 Å². The van der Waals surface area contributed by atoms with Gasteiger partial charge in [0, 0.05) is 30.0 Å². The van der Waals surface area contributed by atoms with Crippen molar-refractivity contribution in [3.8, 4) is 0 Å². The lowest BCUT2D eigenvalue weighted by atomic mass is 9.78. The SMILES string of the molecule is CC(NC(=O)C1NNC2CCNCC21)C(C)(C)c1ccccc1.Cl. The number of hydrogen-bond donors (Lipinski definition) is 4. The van der Waals surface area contributed by atoms with Gasteiger partial charge in [0.2, 0.25) is 5.91 Å². The molecule has 6 heteroatoms. The van der Waals surface area contributed by atoms with Gasteiger partial charge in [-0.2, -0.15) is 0 Å². The van der Waals surface area contributed by atoms with Crippen LogP contribution in [0, 0.1) is 5.92 Å². The van der Waals surface area contributed by atoms with E-state index in [4.69, 9.17) is 0 Å². The molecule has 1 aromatic carbocycles. The molecule has 134 valence electrons. The van der Waals surface area contributed by atoms with Crippen molar-refractivity contribution in [2.24, 2.45) is 5.92 Å². The van der Waals surface area contributed by atoms with Gasteiger partial charge in [-0.1, -0.05) is 44.2 Å². The Hall–Kier alpha value is -1.14. The Morgan fingerprint density at radius 2 is 1.96 bits per heavy atom. The van der Waals surface area contributed by atoms with Crippen molar-refractivity contribution in [3.05, 3.63) is 35.9 Å². The third-order valence-electron chi connectivity index (χ3n) is 5.62. The molecular weight excluding hydrogens is 324 g/mol. The summed E-state index contributed by atoms with van der Waals surface area (Å²) in [4.78, 5) is 12.7. The van der Waals surface area contributed by atoms with Crippen molar-refractivity contribution in [2.45, 2.75) is 50.7 Å². The second-order valence-electron chi connectivity index (χ2n) is 7.35. The molecule has 4 N–H and O–H groups in total. The van der Waals surface area contributed by atoms with Gasteiger partial charge in [0.05, 0.1) is 0 Å². The molecule has 5 nitrogen and oxygen atoms in total. The number of nitrogens with one attached hydrogen (secondary N) is 4. The average Bonchev–Trinajstić information content (AvgIpc) is 2.99. The molecule has 3 rings (SSSR count). The van der Waals surface area contributed by atoms with Crippen LogP contribution >= 0.6 is 12.4 Å². The highest BCUT2D eigenvalue weighted by Crippen LogP contribution is 2.27. The maximum atomic E-state index is 12.7. The molecule has 24 heavy (non-hydrogen) atoms. The van der Waals surface area contributed by atoms with Crippen molar-refractivity contribution in [1.82, 2.24) is 21.5 Å². The molecule has 2 heterocycles. The third kappa shape index (κ3) is 3.75. The Bertz CT molecular complexity index is 551. The molecule has 0 aliphatic carbocycles. The largest absolute Gasteiger partial charge is 0.351 e. The monoisotopic (exact) mass is 352 g/mol. The van der Waals surface area contributed by atoms with E-state index in [0.717, 1.165) is 19.5 Å². The van der Waals surface area contributed by atoms with Crippen molar-refractivity contribution in [1.29, 1.82) is 0 Å². The molecule has 0 radical (unpaired) electrons. The van der Waals surface area contributed by atoms with Crippen molar-refractivity contribution in [2.75, 3.05) is 13.1 Å². The van der Waals surface area contributed by atoms with Crippen LogP contribution in [0.5, 0.6) is 0 Å². The number of amides is 1. The fourth-order valence-corrected chi connectivity index (χ4v) is 3.58. The maximum Gasteiger partial charge on any atom is 0.239 e. The van der Waals surface area contributed by atoms with Crippen LogP contribution < -0.4 is 21.5 Å². The molecular formula is C18H29ClN4O. The first-order valence-electron chi connectivity index (χ1n) is 8.58. The first kappa shape index (κ1) is 19.2. The van der Waals surface area contributed by atoms with Crippen LogP contribution in [0.2, 0.25) is 0 Å². The molecule has 0 spiro atoms. The van der Waals surface area contributed by atoms with Crippen molar-refractivity contribution >= 4 is 18.3 Å². The molecule has 4 atom stereocenters. The van der Waals surface area contributed by atoms with Gasteiger partial charge in [-0.05, 0) is 25.5 Å². The lowest BCUT2D eigenvalue weighted by Gasteiger charge is -2.34. The van der Waals surface area contributed by atoms with Gasteiger partial charge in [0.25, 0.3) is 0 Å². The molecule has 1 amide bonds. The smallest absolute Gasteiger partial charge is 0.239 e. The van der Waals surface area contributed by atoms with Gasteiger partial charge < -0.3 is 10.6 Å². The van der Waals surface area contributed by atoms with E-state index in [1.165, 1.54) is 5.56 Å². The van der Waals surface area contributed by atoms with Crippen molar-refractivity contribution in [3.63, 3.8) is 0 Å². The highest BCUT2D eigenvalue weighted by molar-refractivity contribution is 5.85. The fraction of sp³-hybridized carbons (Fsp3) is 0.611. The summed E-state index contributed by atoms with van der Waals surface area (Å²) in [6.45, 7) is 8.35. The molecule has 2 saturated heterocycles. The molecule has 1 aromatic rings. The first-order valence-corrected chi connectivity index (χ1v) is 8.58. The Kier molecular flexibility index (Phi) is 6.26. The number of halogens is 1. The minimum absolute atomic E-state index is 0. The Morgan fingerprint density at radius 3 is 2.67 bits per heavy atom. The summed E-state index contributed by atoms with van der Waals surface area (Å²) >= 11 is 0. The van der Waals surface area contributed by atoms with Crippen molar-refractivity contribution < 1.29 is 4.79 Å². The normalized spacial score (nSPS) is 27.7. The summed E-state index contributed by atoms with van der Waals surface area (Å²) in [6, 6.07) is 10.6. The second-order valence-corrected chi connectivity index (χ2v) is 7.35. The number of carbonyl (C=O) groups is 1. The number of fused-ring (bicyclic) bond motifs is 1. The van der Waals surface area contributed by atoms with Gasteiger partial charge >= 0.3 is 0 Å². The van der Waals surface area contributed by atoms with Gasteiger partial charge in [-0.25, -0.2) is 5.43 Å². The predicted octanol–water partition coefficient (Wildman–Crippen LogP) is 1.35. The van der Waals surface area contributed by atoms with Crippen LogP contribution in [-0.2, 0) is 10.2 Å². The number of carbonyl (C=O) groups excluding carboxylic acids is 1. The zero-order chi connectivity index (χ0) is 16.4. The summed E-state index contributed by atoms with van der Waals surface area (Å²) in [7, 11) is 0. The standard InChI is InChI=1S/C18H28N4O.ClH/c1-12(18(2,3)13-7-5-4-6-8-13)20-17(23)16-14-11-19-10-9-15(14)21-22-16;/h4-8,12,14-16,19,21-22H,9-11H2,1-3H3,(H,20,23);1H. The molecule has 2 aliphatic rings. The average molecular weight is 353 g/mol. The zero-order valence-electron chi connectivity index (χ0n) is 14.6. The number of piperidine rings is 1. The quantitative estimate of drug-likeness (QED) is 0.660. The predicted molar refractivity (Wildman–Crippen MR) is 99.1 cm³/mol. The van der Waals surface area contributed by atoms with E-state index in [9.17, 15) is 4.79 Å². The maximum absolute atomic E-state index is 12.7. The molecule has 2 aliphatic heterocycles. The van der Waals surface area contributed by atoms with E-state index in [0.29, 0.717) is 12.0 Å². The second kappa shape index (κ2) is 7.83. The van der Waals surface area contributed by atoms with E-state index >= 15 is 0 Å². The zero-order valence-corrected chi connectivity index (χ0v) is 15.5. The third-order valence-corrected chi connectivity index (χ3v) is 5.62. The first-order chi connectivity index (χ1) is 11.0. The summed E-state index contributed by atoms with van der Waals surface area (Å²) in [6.07, 6.45) is 1.06. The van der Waals surface area contributed by atoms with Crippen LogP contribution in [-0.4, -0.2) is 37.1 Å². The molecule has 0 bridgehead atoms. The topological polar surface area (TPSA) is 65.2 Å². The van der Waals surface area contributed by atoms with E-state index in [1.807, 2.05) is 18.2 Å². The summed E-state index contributed by atoms with van der Waals surface area (Å²) in [5, 5.41) is 6.61.